The van der Waals surface area contributed by atoms with Crippen molar-refractivity contribution in [3.8, 4) is 45.3 Å². The van der Waals surface area contributed by atoms with Crippen LogP contribution < -0.4 is 25.9 Å². The first-order chi connectivity index (χ1) is 16.8. The van der Waals surface area contributed by atoms with Crippen LogP contribution in [0.15, 0.2) is 109 Å². The summed E-state index contributed by atoms with van der Waals surface area (Å²) in [5.74, 6) is 3.56. The van der Waals surface area contributed by atoms with Gasteiger partial charge in [0.15, 0.2) is 0 Å². The summed E-state index contributed by atoms with van der Waals surface area (Å²) in [6.07, 6.45) is 0. The first-order valence-electron chi connectivity index (χ1n) is 11.6. The molecule has 0 saturated heterocycles. The maximum Gasteiger partial charge on any atom is 0.260 e. The maximum atomic E-state index is 6.48. The van der Waals surface area contributed by atoms with E-state index in [9.17, 15) is 0 Å². The summed E-state index contributed by atoms with van der Waals surface area (Å²) in [7, 11) is 0. The van der Waals surface area contributed by atoms with E-state index in [2.05, 4.69) is 91.9 Å². The third kappa shape index (κ3) is 2.90. The average Bonchev–Trinajstić information content (AvgIpc) is 2.89. The molecule has 2 aliphatic rings. The minimum Gasteiger partial charge on any atom is -0.458 e. The topological polar surface area (TPSA) is 18.5 Å². The smallest absolute Gasteiger partial charge is 0.260 e. The minimum absolute atomic E-state index is 0.0632. The lowest BCUT2D eigenvalue weighted by molar-refractivity contribution is 0.464. The van der Waals surface area contributed by atoms with E-state index >= 15 is 0 Å². The molecule has 0 spiro atoms. The van der Waals surface area contributed by atoms with Gasteiger partial charge in [-0.1, -0.05) is 84.9 Å². The molecule has 0 fully saturated rings. The van der Waals surface area contributed by atoms with Crippen LogP contribution in [0, 0.1) is 6.92 Å². The van der Waals surface area contributed by atoms with Crippen molar-refractivity contribution in [3.05, 3.63) is 115 Å². The highest BCUT2D eigenvalue weighted by Gasteiger charge is 2.40. The lowest BCUT2D eigenvalue weighted by atomic mass is 9.34. The zero-order valence-electron chi connectivity index (χ0n) is 18.8. The molecule has 2 heterocycles. The van der Waals surface area contributed by atoms with Crippen molar-refractivity contribution in [2.45, 2.75) is 6.92 Å². The van der Waals surface area contributed by atoms with Crippen molar-refractivity contribution in [2.24, 2.45) is 0 Å². The molecule has 0 amide bonds. The molecule has 0 aromatic heterocycles. The highest BCUT2D eigenvalue weighted by Crippen LogP contribution is 2.37. The Hall–Kier alpha value is -4.24. The van der Waals surface area contributed by atoms with Crippen LogP contribution in [0.4, 0.5) is 0 Å². The summed E-state index contributed by atoms with van der Waals surface area (Å²) in [4.78, 5) is 0. The Morgan fingerprint density at radius 3 is 2.06 bits per heavy atom. The van der Waals surface area contributed by atoms with Crippen LogP contribution in [0.1, 0.15) is 5.56 Å². The van der Waals surface area contributed by atoms with E-state index in [1.807, 2.05) is 24.3 Å². The monoisotopic (exact) mass is 436 g/mol. The van der Waals surface area contributed by atoms with Gasteiger partial charge in [0.1, 0.15) is 23.0 Å². The van der Waals surface area contributed by atoms with Crippen molar-refractivity contribution < 1.29 is 9.47 Å². The van der Waals surface area contributed by atoms with Crippen molar-refractivity contribution >= 4 is 23.1 Å². The number of fused-ring (bicyclic) bond motifs is 4. The first-order valence-corrected chi connectivity index (χ1v) is 11.6. The summed E-state index contributed by atoms with van der Waals surface area (Å²) < 4.78 is 12.8. The van der Waals surface area contributed by atoms with E-state index in [0.717, 1.165) is 28.5 Å². The van der Waals surface area contributed by atoms with Gasteiger partial charge in [-0.2, -0.15) is 0 Å². The fourth-order valence-electron chi connectivity index (χ4n) is 5.30. The molecule has 0 aliphatic carbocycles. The maximum absolute atomic E-state index is 6.48. The fourth-order valence-corrected chi connectivity index (χ4v) is 5.30. The fraction of sp³-hybridized carbons (Fsp3) is 0.0323. The molecule has 0 unspecified atom stereocenters. The Morgan fingerprint density at radius 1 is 0.500 bits per heavy atom. The van der Waals surface area contributed by atoms with Crippen molar-refractivity contribution in [3.63, 3.8) is 0 Å². The quantitative estimate of drug-likeness (QED) is 0.307. The minimum atomic E-state index is 0.0632. The van der Waals surface area contributed by atoms with E-state index in [1.54, 1.807) is 0 Å². The van der Waals surface area contributed by atoms with Crippen LogP contribution in [0.5, 0.6) is 23.0 Å². The highest BCUT2D eigenvalue weighted by molar-refractivity contribution is 6.98. The van der Waals surface area contributed by atoms with Crippen molar-refractivity contribution in [2.75, 3.05) is 0 Å². The lowest BCUT2D eigenvalue weighted by Crippen LogP contribution is -2.57. The second kappa shape index (κ2) is 7.39. The molecule has 34 heavy (non-hydrogen) atoms. The SMILES string of the molecule is Cc1ccccc1-c1ccc2c(c1)Oc1cccc3c1B2c1cc(-c2ccccc2)ccc1O3. The number of rotatable bonds is 2. The molecular weight excluding hydrogens is 415 g/mol. The van der Waals surface area contributed by atoms with Gasteiger partial charge in [0.05, 0.1) is 0 Å². The standard InChI is InChI=1S/C31H21BO2/c1-20-8-5-6-11-24(20)23-14-16-25-30(19-23)34-29-13-7-12-28-31(29)32(25)26-18-22(15-17-27(26)33-28)21-9-3-2-4-10-21/h2-19H,1H3. The normalized spacial score (nSPS) is 12.7. The number of hydrogen-bond donors (Lipinski definition) is 0. The Balaban J connectivity index is 1.43. The zero-order chi connectivity index (χ0) is 22.6. The molecule has 160 valence electrons. The van der Waals surface area contributed by atoms with Crippen LogP contribution in [-0.2, 0) is 0 Å². The van der Waals surface area contributed by atoms with Gasteiger partial charge in [-0.15, -0.1) is 0 Å². The third-order valence-electron chi connectivity index (χ3n) is 6.96. The Kier molecular flexibility index (Phi) is 4.19. The molecule has 0 saturated carbocycles. The Bertz CT molecular complexity index is 1570. The third-order valence-corrected chi connectivity index (χ3v) is 6.96. The molecule has 5 aromatic rings. The van der Waals surface area contributed by atoms with E-state index in [-0.39, 0.29) is 6.71 Å². The number of benzene rings is 5. The van der Waals surface area contributed by atoms with E-state index in [4.69, 9.17) is 9.47 Å². The zero-order valence-corrected chi connectivity index (χ0v) is 18.8. The second-order valence-corrected chi connectivity index (χ2v) is 8.99. The molecule has 3 heteroatoms. The highest BCUT2D eigenvalue weighted by atomic mass is 16.5. The van der Waals surface area contributed by atoms with Gasteiger partial charge < -0.3 is 9.47 Å². The van der Waals surface area contributed by atoms with Gasteiger partial charge in [-0.25, -0.2) is 0 Å². The summed E-state index contributed by atoms with van der Waals surface area (Å²) in [6, 6.07) is 38.2. The van der Waals surface area contributed by atoms with Crippen LogP contribution in [0.3, 0.4) is 0 Å². The van der Waals surface area contributed by atoms with E-state index in [1.165, 1.54) is 38.7 Å². The summed E-state index contributed by atoms with van der Waals surface area (Å²) >= 11 is 0. The molecule has 2 aliphatic heterocycles. The molecule has 5 aromatic carbocycles. The van der Waals surface area contributed by atoms with E-state index < -0.39 is 0 Å². The Labute approximate surface area is 199 Å². The average molecular weight is 436 g/mol. The molecule has 0 bridgehead atoms. The molecule has 7 rings (SSSR count). The first kappa shape index (κ1) is 19.3. The summed E-state index contributed by atoms with van der Waals surface area (Å²) in [6.45, 7) is 2.21. The van der Waals surface area contributed by atoms with Gasteiger partial charge >= 0.3 is 0 Å². The van der Waals surface area contributed by atoms with Gasteiger partial charge in [0.25, 0.3) is 6.71 Å². The van der Waals surface area contributed by atoms with Crippen LogP contribution >= 0.6 is 0 Å². The van der Waals surface area contributed by atoms with Gasteiger partial charge in [-0.3, -0.25) is 0 Å². The van der Waals surface area contributed by atoms with Gasteiger partial charge in [0.2, 0.25) is 0 Å². The molecule has 0 atom stereocenters. The number of aryl methyl sites for hydroxylation is 1. The second-order valence-electron chi connectivity index (χ2n) is 8.99. The summed E-state index contributed by atoms with van der Waals surface area (Å²) in [5.41, 5.74) is 9.50. The van der Waals surface area contributed by atoms with Crippen molar-refractivity contribution in [1.29, 1.82) is 0 Å². The van der Waals surface area contributed by atoms with Crippen molar-refractivity contribution in [1.82, 2.24) is 0 Å². The molecule has 2 nitrogen and oxygen atoms in total. The molecular formula is C31H21BO2. The van der Waals surface area contributed by atoms with Crippen LogP contribution in [-0.4, -0.2) is 6.71 Å². The number of ether oxygens (including phenoxy) is 2. The molecule has 0 N–H and O–H groups in total. The Morgan fingerprint density at radius 2 is 1.24 bits per heavy atom. The van der Waals surface area contributed by atoms with Crippen LogP contribution in [0.2, 0.25) is 0 Å². The predicted molar refractivity (Wildman–Crippen MR) is 140 cm³/mol. The predicted octanol–water partition coefficient (Wildman–Crippen LogP) is 6.06. The van der Waals surface area contributed by atoms with Crippen LogP contribution in [0.25, 0.3) is 22.3 Å². The lowest BCUT2D eigenvalue weighted by Gasteiger charge is -2.33. The van der Waals surface area contributed by atoms with Gasteiger partial charge in [0, 0.05) is 5.46 Å². The number of hydrogen-bond acceptors (Lipinski definition) is 2. The van der Waals surface area contributed by atoms with E-state index in [0.29, 0.717) is 0 Å². The van der Waals surface area contributed by atoms with Gasteiger partial charge in [-0.05, 0) is 69.9 Å². The summed E-state index contributed by atoms with van der Waals surface area (Å²) in [5, 5.41) is 0. The molecule has 0 radical (unpaired) electrons. The largest absolute Gasteiger partial charge is 0.458 e.